The number of aromatic nitrogens is 1. The molecule has 1 rings (SSSR count). The van der Waals surface area contributed by atoms with Gasteiger partial charge in [0.05, 0.1) is 0 Å². The molecule has 1 aromatic heterocycles. The molecule has 0 radical (unpaired) electrons. The second-order valence-corrected chi connectivity index (χ2v) is 13.2. The first kappa shape index (κ1) is 15.0. The summed E-state index contributed by atoms with van der Waals surface area (Å²) in [7, 11) is -2.64. The number of hydrogen-bond acceptors (Lipinski definition) is 2. The van der Waals surface area contributed by atoms with Crippen molar-refractivity contribution >= 4 is 39.2 Å². The maximum atomic E-state index is 13.0. The average molecular weight is 336 g/mol. The number of pyridine rings is 1. The third-order valence-corrected chi connectivity index (χ3v) is 12.5. The third-order valence-electron chi connectivity index (χ3n) is 3.30. The zero-order valence-corrected chi connectivity index (χ0v) is 15.0. The van der Waals surface area contributed by atoms with E-state index in [-0.39, 0.29) is 5.04 Å². The molecule has 1 aromatic rings. The molecule has 0 aromatic carbocycles. The molecular formula is C11H19BrFNOSi2. The quantitative estimate of drug-likeness (QED) is 0.625. The fraction of sp³-hybridized carbons (Fsp3) is 0.545. The van der Waals surface area contributed by atoms with Crippen molar-refractivity contribution in [1.29, 1.82) is 0 Å². The Balaban J connectivity index is 2.77. The highest BCUT2D eigenvalue weighted by molar-refractivity contribution is 9.10. The van der Waals surface area contributed by atoms with Crippen LogP contribution < -0.4 is 5.19 Å². The van der Waals surface area contributed by atoms with Crippen molar-refractivity contribution < 1.29 is 8.51 Å². The summed E-state index contributed by atoms with van der Waals surface area (Å²) in [6.07, 6.45) is 1.51. The van der Waals surface area contributed by atoms with Crippen molar-refractivity contribution in [2.24, 2.45) is 0 Å². The van der Waals surface area contributed by atoms with Gasteiger partial charge in [0.1, 0.15) is 0 Å². The molecule has 0 saturated heterocycles. The van der Waals surface area contributed by atoms with Gasteiger partial charge in [-0.3, -0.25) is 0 Å². The van der Waals surface area contributed by atoms with Gasteiger partial charge in [-0.1, -0.05) is 20.8 Å². The highest BCUT2D eigenvalue weighted by Crippen LogP contribution is 2.36. The molecule has 0 saturated carbocycles. The van der Waals surface area contributed by atoms with Crippen LogP contribution in [0, 0.1) is 5.95 Å². The highest BCUT2D eigenvalue weighted by atomic mass is 79.9. The number of hydrogen-bond donors (Lipinski definition) is 0. The van der Waals surface area contributed by atoms with Crippen LogP contribution in [0.4, 0.5) is 4.39 Å². The van der Waals surface area contributed by atoms with Crippen molar-refractivity contribution in [3.63, 3.8) is 0 Å². The van der Waals surface area contributed by atoms with E-state index in [0.717, 1.165) is 9.66 Å². The van der Waals surface area contributed by atoms with E-state index in [1.807, 2.05) is 0 Å². The van der Waals surface area contributed by atoms with Gasteiger partial charge in [0.2, 0.25) is 5.95 Å². The van der Waals surface area contributed by atoms with Crippen LogP contribution in [0.25, 0.3) is 0 Å². The van der Waals surface area contributed by atoms with Gasteiger partial charge in [-0.2, -0.15) is 4.39 Å². The number of rotatable bonds is 3. The molecule has 96 valence electrons. The van der Waals surface area contributed by atoms with Crippen molar-refractivity contribution in [2.75, 3.05) is 0 Å². The van der Waals surface area contributed by atoms with Gasteiger partial charge in [-0.15, -0.1) is 0 Å². The fourth-order valence-corrected chi connectivity index (χ4v) is 5.88. The minimum Gasteiger partial charge on any atom is -0.456 e. The zero-order valence-electron chi connectivity index (χ0n) is 11.0. The first-order valence-electron chi connectivity index (χ1n) is 5.57. The normalized spacial score (nSPS) is 13.6. The van der Waals surface area contributed by atoms with E-state index in [1.165, 1.54) is 12.3 Å². The average Bonchev–Trinajstić information content (AvgIpc) is 2.18. The van der Waals surface area contributed by atoms with Gasteiger partial charge in [-0.25, -0.2) is 4.98 Å². The first-order chi connectivity index (χ1) is 7.63. The number of nitrogens with zero attached hydrogens (tertiary/aromatic N) is 1. The number of halogens is 2. The molecule has 0 aliphatic heterocycles. The SMILES string of the molecule is CC(C)(C)[Si](C)(C)O[SiH2]c1cc(F)ncc1Br. The molecule has 0 aliphatic carbocycles. The van der Waals surface area contributed by atoms with Crippen LogP contribution in [0.2, 0.25) is 18.1 Å². The van der Waals surface area contributed by atoms with Crippen LogP contribution in [0.5, 0.6) is 0 Å². The lowest BCUT2D eigenvalue weighted by Crippen LogP contribution is -2.44. The van der Waals surface area contributed by atoms with Crippen LogP contribution in [0.1, 0.15) is 20.8 Å². The molecule has 0 bridgehead atoms. The van der Waals surface area contributed by atoms with E-state index in [4.69, 9.17) is 4.12 Å². The lowest BCUT2D eigenvalue weighted by Gasteiger charge is -2.36. The van der Waals surface area contributed by atoms with Gasteiger partial charge in [0, 0.05) is 10.7 Å². The van der Waals surface area contributed by atoms with E-state index >= 15 is 0 Å². The van der Waals surface area contributed by atoms with Gasteiger partial charge in [0.25, 0.3) is 0 Å². The van der Waals surface area contributed by atoms with E-state index in [9.17, 15) is 4.39 Å². The molecule has 6 heteroatoms. The minimum atomic E-state index is -1.73. The maximum absolute atomic E-state index is 13.0. The van der Waals surface area contributed by atoms with Crippen molar-refractivity contribution in [2.45, 2.75) is 38.9 Å². The highest BCUT2D eigenvalue weighted by Gasteiger charge is 2.36. The van der Waals surface area contributed by atoms with Gasteiger partial charge in [0.15, 0.2) is 18.1 Å². The van der Waals surface area contributed by atoms with Crippen molar-refractivity contribution in [1.82, 2.24) is 4.98 Å². The Morgan fingerprint density at radius 2 is 2.00 bits per heavy atom. The molecule has 0 fully saturated rings. The van der Waals surface area contributed by atoms with E-state index < -0.39 is 24.0 Å². The molecule has 0 unspecified atom stereocenters. The zero-order chi connectivity index (χ0) is 13.3. The van der Waals surface area contributed by atoms with Crippen LogP contribution in [0.3, 0.4) is 0 Å². The van der Waals surface area contributed by atoms with Crippen molar-refractivity contribution in [3.05, 3.63) is 22.7 Å². The molecule has 2 nitrogen and oxygen atoms in total. The maximum Gasteiger partial charge on any atom is 0.212 e. The summed E-state index contributed by atoms with van der Waals surface area (Å²) in [4.78, 5) is 3.60. The topological polar surface area (TPSA) is 22.1 Å². The first-order valence-corrected chi connectivity index (χ1v) is 10.6. The Labute approximate surface area is 114 Å². The Morgan fingerprint density at radius 1 is 1.41 bits per heavy atom. The molecule has 0 amide bonds. The van der Waals surface area contributed by atoms with Gasteiger partial charge < -0.3 is 4.12 Å². The van der Waals surface area contributed by atoms with Crippen LogP contribution >= 0.6 is 15.9 Å². The lowest BCUT2D eigenvalue weighted by atomic mass is 10.2. The predicted molar refractivity (Wildman–Crippen MR) is 78.4 cm³/mol. The summed E-state index contributed by atoms with van der Waals surface area (Å²) >= 11 is 3.39. The van der Waals surface area contributed by atoms with Gasteiger partial charge >= 0.3 is 0 Å². The van der Waals surface area contributed by atoms with E-state index in [1.54, 1.807) is 0 Å². The summed E-state index contributed by atoms with van der Waals surface area (Å²) in [6.45, 7) is 11.0. The molecule has 0 atom stereocenters. The second-order valence-electron chi connectivity index (χ2n) is 5.65. The molecule has 0 spiro atoms. The summed E-state index contributed by atoms with van der Waals surface area (Å²) in [5.74, 6) is -0.436. The molecule has 0 aliphatic rings. The summed E-state index contributed by atoms with van der Waals surface area (Å²) in [6, 6.07) is 1.48. The second kappa shape index (κ2) is 5.30. The fourth-order valence-electron chi connectivity index (χ4n) is 1.04. The van der Waals surface area contributed by atoms with Crippen molar-refractivity contribution in [3.8, 4) is 0 Å². The smallest absolute Gasteiger partial charge is 0.212 e. The van der Waals surface area contributed by atoms with E-state index in [2.05, 4.69) is 54.8 Å². The minimum absolute atomic E-state index is 0.193. The van der Waals surface area contributed by atoms with E-state index in [0.29, 0.717) is 0 Å². The van der Waals surface area contributed by atoms with Gasteiger partial charge in [-0.05, 0) is 45.3 Å². The summed E-state index contributed by atoms with van der Waals surface area (Å²) < 4.78 is 20.1. The Kier molecular flexibility index (Phi) is 4.68. The lowest BCUT2D eigenvalue weighted by molar-refractivity contribution is 0.522. The Bertz CT molecular complexity index is 407. The molecule has 17 heavy (non-hydrogen) atoms. The summed E-state index contributed by atoms with van der Waals surface area (Å²) in [5, 5.41) is 1.14. The predicted octanol–water partition coefficient (Wildman–Crippen LogP) is 2.71. The Hall–Kier alpha value is -0.0462. The van der Waals surface area contributed by atoms with Crippen LogP contribution in [-0.4, -0.2) is 23.1 Å². The Morgan fingerprint density at radius 3 is 2.53 bits per heavy atom. The molecule has 0 N–H and O–H groups in total. The summed E-state index contributed by atoms with van der Waals surface area (Å²) in [5.41, 5.74) is 0. The largest absolute Gasteiger partial charge is 0.456 e. The molecule has 1 heterocycles. The standard InChI is InChI=1S/C11H19BrFNOSi2/c1-11(2,3)17(4,5)15-16-9-6-10(13)14-7-8(9)12/h6-7H,16H2,1-5H3. The molecular weight excluding hydrogens is 317 g/mol. The van der Waals surface area contributed by atoms with Crippen LogP contribution in [0.15, 0.2) is 16.7 Å². The monoisotopic (exact) mass is 335 g/mol. The van der Waals surface area contributed by atoms with Crippen LogP contribution in [-0.2, 0) is 4.12 Å². The third kappa shape index (κ3) is 3.98.